The number of piperidine rings is 1. The summed E-state index contributed by atoms with van der Waals surface area (Å²) in [6.45, 7) is 5.77. The molecule has 2 heterocycles. The second-order valence-corrected chi connectivity index (χ2v) is 13.1. The first kappa shape index (κ1) is 29.8. The normalized spacial score (nSPS) is 25.0. The lowest BCUT2D eigenvalue weighted by atomic mass is 9.77. The van der Waals surface area contributed by atoms with Gasteiger partial charge in [-0.3, -0.25) is 14.4 Å². The van der Waals surface area contributed by atoms with Crippen molar-refractivity contribution >= 4 is 17.7 Å². The molecule has 41 heavy (non-hydrogen) atoms. The van der Waals surface area contributed by atoms with E-state index in [1.807, 2.05) is 17.0 Å². The number of piperazine rings is 1. The van der Waals surface area contributed by atoms with E-state index in [2.05, 4.69) is 22.5 Å². The van der Waals surface area contributed by atoms with Crippen LogP contribution in [0.25, 0.3) is 0 Å². The number of carbonyl (C=O) groups is 3. The number of nitrogens with one attached hydrogen (secondary N) is 2. The molecule has 9 nitrogen and oxygen atoms in total. The number of amides is 3. The molecule has 2 aliphatic heterocycles. The average molecular weight is 569 g/mol. The lowest BCUT2D eigenvalue weighted by Crippen LogP contribution is -2.73. The molecule has 226 valence electrons. The summed E-state index contributed by atoms with van der Waals surface area (Å²) < 4.78 is 6.13. The molecule has 4 aliphatic rings. The number of nitrogens with zero attached hydrogens (tertiary/aromatic N) is 2. The third-order valence-corrected chi connectivity index (χ3v) is 10.0. The van der Waals surface area contributed by atoms with Crippen LogP contribution >= 0.6 is 0 Å². The number of benzene rings is 1. The standard InChI is InChI=1S/C32H48N4O5/c1-3-4-18-36-28(38)26(21-31(40)12-6-5-7-13-31)34-29(39)32(36)16-19-35(20-17-32)22-30(14-15-30)23-41-25-10-8-24(9-11-25)27(37)33-2/h8-11,26,40H,3-7,12-23H2,1-2H3,(H,33,37)(H,34,39)/t26-/m1/s1. The molecule has 1 spiro atoms. The smallest absolute Gasteiger partial charge is 0.251 e. The van der Waals surface area contributed by atoms with Gasteiger partial charge in [-0.1, -0.05) is 32.6 Å². The maximum Gasteiger partial charge on any atom is 0.251 e. The maximum absolute atomic E-state index is 13.8. The summed E-state index contributed by atoms with van der Waals surface area (Å²) in [5, 5.41) is 16.9. The lowest BCUT2D eigenvalue weighted by molar-refractivity contribution is -0.163. The molecular weight excluding hydrogens is 520 g/mol. The van der Waals surface area contributed by atoms with Gasteiger partial charge in [0.25, 0.3) is 5.91 Å². The molecule has 0 aromatic heterocycles. The predicted molar refractivity (Wildman–Crippen MR) is 157 cm³/mol. The van der Waals surface area contributed by atoms with Gasteiger partial charge in [0.2, 0.25) is 11.8 Å². The highest BCUT2D eigenvalue weighted by atomic mass is 16.5. The van der Waals surface area contributed by atoms with Crippen LogP contribution in [0.15, 0.2) is 24.3 Å². The van der Waals surface area contributed by atoms with E-state index in [9.17, 15) is 19.5 Å². The van der Waals surface area contributed by atoms with E-state index in [0.29, 0.717) is 50.8 Å². The average Bonchev–Trinajstić information content (AvgIpc) is 3.75. The van der Waals surface area contributed by atoms with Gasteiger partial charge in [-0.2, -0.15) is 0 Å². The van der Waals surface area contributed by atoms with Crippen molar-refractivity contribution < 1.29 is 24.2 Å². The minimum absolute atomic E-state index is 0.0139. The number of ether oxygens (including phenoxy) is 1. The monoisotopic (exact) mass is 568 g/mol. The number of hydrogen-bond acceptors (Lipinski definition) is 6. The Morgan fingerprint density at radius 2 is 1.73 bits per heavy atom. The van der Waals surface area contributed by atoms with Gasteiger partial charge in [-0.25, -0.2) is 0 Å². The number of likely N-dealkylation sites (tertiary alicyclic amines) is 1. The number of hydrogen-bond donors (Lipinski definition) is 3. The molecule has 2 saturated heterocycles. The van der Waals surface area contributed by atoms with Crippen molar-refractivity contribution in [3.63, 3.8) is 0 Å². The summed E-state index contributed by atoms with van der Waals surface area (Å²) in [4.78, 5) is 43.7. The van der Waals surface area contributed by atoms with Gasteiger partial charge in [-0.05, 0) is 69.2 Å². The largest absolute Gasteiger partial charge is 0.493 e. The van der Waals surface area contributed by atoms with Crippen molar-refractivity contribution in [2.24, 2.45) is 5.41 Å². The molecule has 4 fully saturated rings. The summed E-state index contributed by atoms with van der Waals surface area (Å²) in [6, 6.07) is 6.60. The molecule has 1 aromatic carbocycles. The summed E-state index contributed by atoms with van der Waals surface area (Å²) >= 11 is 0. The van der Waals surface area contributed by atoms with Gasteiger partial charge in [-0.15, -0.1) is 0 Å². The van der Waals surface area contributed by atoms with Crippen LogP contribution in [0.1, 0.15) is 94.3 Å². The fraction of sp³-hybridized carbons (Fsp3) is 0.719. The van der Waals surface area contributed by atoms with Gasteiger partial charge >= 0.3 is 0 Å². The topological polar surface area (TPSA) is 111 Å². The molecular formula is C32H48N4O5. The van der Waals surface area contributed by atoms with Crippen LogP contribution in [-0.4, -0.2) is 89.6 Å². The molecule has 0 bridgehead atoms. The zero-order chi connectivity index (χ0) is 29.1. The van der Waals surface area contributed by atoms with Crippen molar-refractivity contribution in [1.82, 2.24) is 20.4 Å². The maximum atomic E-state index is 13.8. The van der Waals surface area contributed by atoms with Crippen LogP contribution in [0.4, 0.5) is 0 Å². The first-order chi connectivity index (χ1) is 19.7. The Hall–Kier alpha value is -2.65. The number of rotatable bonds is 11. The summed E-state index contributed by atoms with van der Waals surface area (Å²) in [5.41, 5.74) is -0.939. The Labute approximate surface area is 244 Å². The Balaban J connectivity index is 1.18. The van der Waals surface area contributed by atoms with Crippen molar-refractivity contribution in [2.75, 3.05) is 39.8 Å². The van der Waals surface area contributed by atoms with Crippen molar-refractivity contribution in [3.05, 3.63) is 29.8 Å². The van der Waals surface area contributed by atoms with Crippen molar-refractivity contribution in [3.8, 4) is 5.75 Å². The van der Waals surface area contributed by atoms with Crippen LogP contribution in [-0.2, 0) is 9.59 Å². The number of aliphatic hydroxyl groups is 1. The highest BCUT2D eigenvalue weighted by Gasteiger charge is 2.55. The molecule has 3 amide bonds. The fourth-order valence-corrected chi connectivity index (χ4v) is 7.11. The van der Waals surface area contributed by atoms with E-state index >= 15 is 0 Å². The van der Waals surface area contributed by atoms with Crippen molar-refractivity contribution in [1.29, 1.82) is 0 Å². The number of carbonyl (C=O) groups excluding carboxylic acids is 3. The van der Waals surface area contributed by atoms with Gasteiger partial charge in [0.15, 0.2) is 0 Å². The van der Waals surface area contributed by atoms with Gasteiger partial charge in [0.1, 0.15) is 17.3 Å². The second-order valence-electron chi connectivity index (χ2n) is 13.1. The van der Waals surface area contributed by atoms with Gasteiger partial charge in [0.05, 0.1) is 12.2 Å². The Morgan fingerprint density at radius 1 is 1.05 bits per heavy atom. The molecule has 0 unspecified atom stereocenters. The van der Waals surface area contributed by atoms with E-state index in [-0.39, 0.29) is 23.1 Å². The van der Waals surface area contributed by atoms with E-state index in [4.69, 9.17) is 4.74 Å². The first-order valence-electron chi connectivity index (χ1n) is 15.7. The molecule has 2 aliphatic carbocycles. The predicted octanol–water partition coefficient (Wildman–Crippen LogP) is 3.25. The third-order valence-electron chi connectivity index (χ3n) is 10.0. The minimum atomic E-state index is -0.858. The Morgan fingerprint density at radius 3 is 2.34 bits per heavy atom. The van der Waals surface area contributed by atoms with Crippen LogP contribution in [0.3, 0.4) is 0 Å². The van der Waals surface area contributed by atoms with Crippen LogP contribution in [0.2, 0.25) is 0 Å². The second kappa shape index (κ2) is 12.3. The minimum Gasteiger partial charge on any atom is -0.493 e. The number of unbranched alkanes of at least 4 members (excludes halogenated alkanes) is 1. The Kier molecular flexibility index (Phi) is 8.95. The molecule has 1 aromatic rings. The molecule has 2 saturated carbocycles. The van der Waals surface area contributed by atoms with E-state index in [0.717, 1.165) is 70.3 Å². The van der Waals surface area contributed by atoms with E-state index < -0.39 is 17.2 Å². The molecule has 3 N–H and O–H groups in total. The third kappa shape index (κ3) is 6.56. The molecule has 9 heteroatoms. The van der Waals surface area contributed by atoms with E-state index in [1.165, 1.54) is 0 Å². The molecule has 0 radical (unpaired) electrons. The van der Waals surface area contributed by atoms with Crippen molar-refractivity contribution in [2.45, 2.75) is 101 Å². The molecule has 5 rings (SSSR count). The quantitative estimate of drug-likeness (QED) is 0.378. The first-order valence-corrected chi connectivity index (χ1v) is 15.7. The van der Waals surface area contributed by atoms with Gasteiger partial charge in [0, 0.05) is 50.6 Å². The highest BCUT2D eigenvalue weighted by Crippen LogP contribution is 2.47. The fourth-order valence-electron chi connectivity index (χ4n) is 7.11. The van der Waals surface area contributed by atoms with Crippen LogP contribution in [0.5, 0.6) is 5.75 Å². The summed E-state index contributed by atoms with van der Waals surface area (Å²) in [7, 11) is 1.62. The highest BCUT2D eigenvalue weighted by molar-refractivity contribution is 6.00. The van der Waals surface area contributed by atoms with E-state index in [1.54, 1.807) is 19.2 Å². The summed E-state index contributed by atoms with van der Waals surface area (Å²) in [6.07, 6.45) is 10.1. The Bertz CT molecular complexity index is 1090. The van der Waals surface area contributed by atoms with Gasteiger partial charge < -0.3 is 30.3 Å². The van der Waals surface area contributed by atoms with Crippen LogP contribution in [0, 0.1) is 5.41 Å². The zero-order valence-corrected chi connectivity index (χ0v) is 24.9. The van der Waals surface area contributed by atoms with Crippen LogP contribution < -0.4 is 15.4 Å². The SMILES string of the molecule is CCCCN1C(=O)[C@@H](CC2(O)CCCCC2)NC(=O)C12CCN(CC1(COc3ccc(C(=O)NC)cc3)CC1)CC2. The zero-order valence-electron chi connectivity index (χ0n) is 24.9. The molecule has 1 atom stereocenters. The summed E-state index contributed by atoms with van der Waals surface area (Å²) in [5.74, 6) is 0.594. The lowest BCUT2D eigenvalue weighted by Gasteiger charge is -2.52.